The van der Waals surface area contributed by atoms with E-state index in [2.05, 4.69) is 4.90 Å². The second kappa shape index (κ2) is 6.61. The van der Waals surface area contributed by atoms with Gasteiger partial charge in [-0.15, -0.1) is 0 Å². The fraction of sp³-hybridized carbons (Fsp3) is 0.533. The van der Waals surface area contributed by atoms with E-state index < -0.39 is 0 Å². The minimum absolute atomic E-state index is 0.0844. The number of ether oxygens (including phenoxy) is 2. The Morgan fingerprint density at radius 2 is 2.30 bits per heavy atom. The lowest BCUT2D eigenvalue weighted by Crippen LogP contribution is -2.40. The molecule has 0 amide bonds. The molecular weight excluding hydrogens is 254 g/mol. The van der Waals surface area contributed by atoms with Crippen LogP contribution in [0.1, 0.15) is 25.3 Å². The highest BCUT2D eigenvalue weighted by atomic mass is 16.5. The van der Waals surface area contributed by atoms with Crippen molar-refractivity contribution in [1.29, 1.82) is 5.41 Å². The van der Waals surface area contributed by atoms with Gasteiger partial charge >= 0.3 is 0 Å². The molecule has 20 heavy (non-hydrogen) atoms. The third kappa shape index (κ3) is 3.22. The Morgan fingerprint density at radius 3 is 2.95 bits per heavy atom. The molecule has 0 aliphatic carbocycles. The van der Waals surface area contributed by atoms with Gasteiger partial charge in [-0.2, -0.15) is 0 Å². The zero-order valence-electron chi connectivity index (χ0n) is 12.2. The van der Waals surface area contributed by atoms with Crippen molar-refractivity contribution in [2.24, 2.45) is 5.73 Å². The number of methoxy groups -OCH3 is 1. The van der Waals surface area contributed by atoms with Crippen LogP contribution in [0.25, 0.3) is 0 Å². The molecule has 0 spiro atoms. The molecule has 1 aromatic carbocycles. The van der Waals surface area contributed by atoms with Crippen LogP contribution in [0.3, 0.4) is 0 Å². The first-order chi connectivity index (χ1) is 9.65. The number of nitrogens with two attached hydrogens (primary N) is 1. The Kier molecular flexibility index (Phi) is 4.84. The maximum absolute atomic E-state index is 7.73. The predicted molar refractivity (Wildman–Crippen MR) is 80.9 cm³/mol. The second-order valence-corrected chi connectivity index (χ2v) is 4.96. The molecule has 0 aromatic heterocycles. The Labute approximate surface area is 120 Å². The minimum atomic E-state index is 0.0844. The van der Waals surface area contributed by atoms with Crippen LogP contribution in [0.15, 0.2) is 18.2 Å². The van der Waals surface area contributed by atoms with E-state index in [-0.39, 0.29) is 11.9 Å². The van der Waals surface area contributed by atoms with Crippen molar-refractivity contribution in [3.8, 4) is 5.75 Å². The number of nitrogens with zero attached hydrogens (tertiary/aromatic N) is 1. The maximum Gasteiger partial charge on any atom is 0.124 e. The number of hydrogen-bond donors (Lipinski definition) is 2. The van der Waals surface area contributed by atoms with Crippen molar-refractivity contribution in [2.75, 3.05) is 31.7 Å². The van der Waals surface area contributed by atoms with E-state index >= 15 is 0 Å². The Bertz CT molecular complexity index is 474. The summed E-state index contributed by atoms with van der Waals surface area (Å²) in [4.78, 5) is 2.24. The van der Waals surface area contributed by atoms with Crippen LogP contribution in [-0.2, 0) is 4.74 Å². The van der Waals surface area contributed by atoms with Crippen molar-refractivity contribution >= 4 is 11.5 Å². The monoisotopic (exact) mass is 277 g/mol. The van der Waals surface area contributed by atoms with Gasteiger partial charge in [0.1, 0.15) is 11.6 Å². The molecule has 1 fully saturated rings. The number of nitrogens with one attached hydrogen (secondary N) is 1. The average Bonchev–Trinajstić information content (AvgIpc) is 2.47. The quantitative estimate of drug-likeness (QED) is 0.638. The van der Waals surface area contributed by atoms with Gasteiger partial charge in [0.15, 0.2) is 0 Å². The maximum atomic E-state index is 7.73. The molecule has 0 bridgehead atoms. The summed E-state index contributed by atoms with van der Waals surface area (Å²) in [6.45, 7) is 4.54. The zero-order valence-corrected chi connectivity index (χ0v) is 12.2. The van der Waals surface area contributed by atoms with Crippen molar-refractivity contribution in [1.82, 2.24) is 0 Å². The molecule has 1 heterocycles. The number of benzene rings is 1. The van der Waals surface area contributed by atoms with Crippen molar-refractivity contribution in [2.45, 2.75) is 25.9 Å². The normalized spacial score (nSPS) is 18.9. The molecule has 1 saturated heterocycles. The molecule has 5 nitrogen and oxygen atoms in total. The summed E-state index contributed by atoms with van der Waals surface area (Å²) in [6, 6.07) is 5.63. The van der Waals surface area contributed by atoms with Crippen LogP contribution >= 0.6 is 0 Å². The lowest BCUT2D eigenvalue weighted by molar-refractivity contribution is 0.0526. The SMILES string of the molecule is CCOC1CCCN(c2cc(OC)ccc2C(=N)N)C1. The molecular formula is C15H23N3O2. The molecule has 5 heteroatoms. The van der Waals surface area contributed by atoms with E-state index in [1.807, 2.05) is 25.1 Å². The molecule has 1 aliphatic heterocycles. The van der Waals surface area contributed by atoms with Gasteiger partial charge in [-0.3, -0.25) is 5.41 Å². The molecule has 1 atom stereocenters. The fourth-order valence-electron chi connectivity index (χ4n) is 2.66. The number of piperidine rings is 1. The first-order valence-electron chi connectivity index (χ1n) is 7.04. The highest BCUT2D eigenvalue weighted by Crippen LogP contribution is 2.29. The van der Waals surface area contributed by atoms with E-state index in [9.17, 15) is 0 Å². The molecule has 2 rings (SSSR count). The van der Waals surface area contributed by atoms with Gasteiger partial charge in [0.25, 0.3) is 0 Å². The summed E-state index contributed by atoms with van der Waals surface area (Å²) in [6.07, 6.45) is 2.42. The Balaban J connectivity index is 2.27. The Hall–Kier alpha value is -1.75. The second-order valence-electron chi connectivity index (χ2n) is 4.96. The van der Waals surface area contributed by atoms with Gasteiger partial charge in [-0.25, -0.2) is 0 Å². The van der Waals surface area contributed by atoms with Gasteiger partial charge < -0.3 is 20.1 Å². The lowest BCUT2D eigenvalue weighted by Gasteiger charge is -2.35. The third-order valence-electron chi connectivity index (χ3n) is 3.62. The van der Waals surface area contributed by atoms with Crippen LogP contribution in [0.5, 0.6) is 5.75 Å². The average molecular weight is 277 g/mol. The van der Waals surface area contributed by atoms with Gasteiger partial charge in [0, 0.05) is 31.3 Å². The summed E-state index contributed by atoms with van der Waals surface area (Å²) in [5, 5.41) is 7.73. The summed E-state index contributed by atoms with van der Waals surface area (Å²) >= 11 is 0. The summed E-state index contributed by atoms with van der Waals surface area (Å²) in [5.74, 6) is 0.865. The fourth-order valence-corrected chi connectivity index (χ4v) is 2.66. The predicted octanol–water partition coefficient (Wildman–Crippen LogP) is 1.98. The molecule has 0 radical (unpaired) electrons. The summed E-state index contributed by atoms with van der Waals surface area (Å²) in [7, 11) is 1.64. The van der Waals surface area contributed by atoms with E-state index in [1.165, 1.54) is 0 Å². The van der Waals surface area contributed by atoms with Crippen molar-refractivity contribution in [3.63, 3.8) is 0 Å². The van der Waals surface area contributed by atoms with Gasteiger partial charge in [0.05, 0.1) is 18.9 Å². The molecule has 110 valence electrons. The van der Waals surface area contributed by atoms with Gasteiger partial charge in [0.2, 0.25) is 0 Å². The van der Waals surface area contributed by atoms with E-state index in [1.54, 1.807) is 7.11 Å². The highest BCUT2D eigenvalue weighted by Gasteiger charge is 2.23. The van der Waals surface area contributed by atoms with E-state index in [0.29, 0.717) is 0 Å². The van der Waals surface area contributed by atoms with Crippen LogP contribution in [-0.4, -0.2) is 38.7 Å². The first-order valence-corrected chi connectivity index (χ1v) is 7.04. The van der Waals surface area contributed by atoms with Crippen LogP contribution in [0.2, 0.25) is 0 Å². The van der Waals surface area contributed by atoms with Crippen LogP contribution in [0.4, 0.5) is 5.69 Å². The molecule has 1 unspecified atom stereocenters. The largest absolute Gasteiger partial charge is 0.497 e. The van der Waals surface area contributed by atoms with Crippen LogP contribution in [0, 0.1) is 5.41 Å². The molecule has 1 aliphatic rings. The number of anilines is 1. The standard InChI is InChI=1S/C15H23N3O2/c1-3-20-12-5-4-8-18(10-12)14-9-11(19-2)6-7-13(14)15(16)17/h6-7,9,12H,3-5,8,10H2,1-2H3,(H3,16,17). The molecule has 1 aromatic rings. The summed E-state index contributed by atoms with van der Waals surface area (Å²) in [5.41, 5.74) is 7.40. The number of amidine groups is 1. The van der Waals surface area contributed by atoms with E-state index in [0.717, 1.165) is 49.5 Å². The number of nitrogen functional groups attached to an aromatic ring is 1. The molecule has 0 saturated carbocycles. The van der Waals surface area contributed by atoms with Crippen molar-refractivity contribution < 1.29 is 9.47 Å². The third-order valence-corrected chi connectivity index (χ3v) is 3.62. The van der Waals surface area contributed by atoms with Crippen LogP contribution < -0.4 is 15.4 Å². The molecule has 3 N–H and O–H groups in total. The lowest BCUT2D eigenvalue weighted by atomic mass is 10.0. The minimum Gasteiger partial charge on any atom is -0.497 e. The van der Waals surface area contributed by atoms with Crippen molar-refractivity contribution in [3.05, 3.63) is 23.8 Å². The first kappa shape index (κ1) is 14.7. The number of rotatable bonds is 5. The topological polar surface area (TPSA) is 71.6 Å². The van der Waals surface area contributed by atoms with E-state index in [4.69, 9.17) is 20.6 Å². The smallest absolute Gasteiger partial charge is 0.124 e. The van der Waals surface area contributed by atoms with Gasteiger partial charge in [-0.05, 0) is 31.9 Å². The summed E-state index contributed by atoms with van der Waals surface area (Å²) < 4.78 is 11.0. The number of hydrogen-bond acceptors (Lipinski definition) is 4. The Morgan fingerprint density at radius 1 is 1.50 bits per heavy atom. The zero-order chi connectivity index (χ0) is 14.5. The van der Waals surface area contributed by atoms with Gasteiger partial charge in [-0.1, -0.05) is 0 Å². The highest BCUT2D eigenvalue weighted by molar-refractivity contribution is 6.00.